The maximum atomic E-state index is 13.7. The van der Waals surface area contributed by atoms with Gasteiger partial charge in [-0.3, -0.25) is 14.5 Å². The molecule has 1 fully saturated rings. The molecule has 1 unspecified atom stereocenters. The van der Waals surface area contributed by atoms with E-state index in [2.05, 4.69) is 10.1 Å². The average Bonchev–Trinajstić information content (AvgIpc) is 3.45. The highest BCUT2D eigenvalue weighted by atomic mass is 19.1. The molecule has 2 heterocycles. The van der Waals surface area contributed by atoms with Gasteiger partial charge in [0.1, 0.15) is 17.3 Å². The number of hydrogen-bond acceptors (Lipinski definition) is 7. The second-order valence-corrected chi connectivity index (χ2v) is 8.13. The number of benzene rings is 3. The number of aryl methyl sites for hydroxylation is 1. The second-order valence-electron chi connectivity index (χ2n) is 8.13. The van der Waals surface area contributed by atoms with E-state index in [9.17, 15) is 19.1 Å². The van der Waals surface area contributed by atoms with Crippen LogP contribution in [0.1, 0.15) is 23.1 Å². The van der Waals surface area contributed by atoms with Crippen molar-refractivity contribution in [3.05, 3.63) is 101 Å². The van der Waals surface area contributed by atoms with Gasteiger partial charge in [0.25, 0.3) is 11.7 Å². The minimum absolute atomic E-state index is 0.102. The van der Waals surface area contributed by atoms with E-state index in [0.717, 1.165) is 0 Å². The lowest BCUT2D eigenvalue weighted by atomic mass is 9.95. The summed E-state index contributed by atoms with van der Waals surface area (Å²) in [5, 5.41) is 15.0. The Kier molecular flexibility index (Phi) is 5.81. The number of rotatable bonds is 5. The number of hydrogen-bond donors (Lipinski definition) is 1. The van der Waals surface area contributed by atoms with E-state index in [1.54, 1.807) is 55.5 Å². The summed E-state index contributed by atoms with van der Waals surface area (Å²) in [5.41, 5.74) is 1.76. The van der Waals surface area contributed by atoms with Gasteiger partial charge in [-0.05, 0) is 66.2 Å². The van der Waals surface area contributed by atoms with Crippen LogP contribution in [0.15, 0.2) is 82.9 Å². The van der Waals surface area contributed by atoms with Gasteiger partial charge < -0.3 is 14.4 Å². The van der Waals surface area contributed by atoms with E-state index in [1.807, 2.05) is 0 Å². The summed E-state index contributed by atoms with van der Waals surface area (Å²) in [7, 11) is 1.51. The minimum Gasteiger partial charge on any atom is -0.507 e. The van der Waals surface area contributed by atoms with Gasteiger partial charge in [-0.2, -0.15) is 4.98 Å². The quantitative estimate of drug-likeness (QED) is 0.245. The first kappa shape index (κ1) is 23.0. The van der Waals surface area contributed by atoms with Gasteiger partial charge in [0.15, 0.2) is 0 Å². The number of aliphatic hydroxyl groups is 1. The third-order valence-corrected chi connectivity index (χ3v) is 5.92. The number of Topliss-reactive ketones (excluding diaryl/α,β-unsaturated/α-hetero) is 1. The van der Waals surface area contributed by atoms with Crippen molar-refractivity contribution in [1.82, 2.24) is 10.1 Å². The summed E-state index contributed by atoms with van der Waals surface area (Å²) in [4.78, 5) is 32.0. The average molecular weight is 485 g/mol. The van der Waals surface area contributed by atoms with Gasteiger partial charge in [-0.15, -0.1) is 0 Å². The number of ether oxygens (including phenoxy) is 1. The second kappa shape index (κ2) is 9.10. The van der Waals surface area contributed by atoms with Crippen molar-refractivity contribution >= 4 is 23.1 Å². The van der Waals surface area contributed by atoms with Gasteiger partial charge >= 0.3 is 0 Å². The van der Waals surface area contributed by atoms with Gasteiger partial charge in [-0.1, -0.05) is 17.3 Å². The molecule has 1 saturated heterocycles. The van der Waals surface area contributed by atoms with E-state index < -0.39 is 23.5 Å². The monoisotopic (exact) mass is 485 g/mol. The van der Waals surface area contributed by atoms with E-state index in [1.165, 1.54) is 36.3 Å². The van der Waals surface area contributed by atoms with Crippen LogP contribution in [-0.4, -0.2) is 34.0 Å². The largest absolute Gasteiger partial charge is 0.507 e. The van der Waals surface area contributed by atoms with Crippen LogP contribution >= 0.6 is 0 Å². The van der Waals surface area contributed by atoms with Crippen LogP contribution in [-0.2, 0) is 9.59 Å². The molecule has 8 nitrogen and oxygen atoms in total. The molecule has 0 spiro atoms. The van der Waals surface area contributed by atoms with E-state index in [-0.39, 0.29) is 11.3 Å². The van der Waals surface area contributed by atoms with Crippen molar-refractivity contribution in [2.24, 2.45) is 0 Å². The lowest BCUT2D eigenvalue weighted by Gasteiger charge is -2.25. The van der Waals surface area contributed by atoms with E-state index >= 15 is 0 Å². The first-order chi connectivity index (χ1) is 17.4. The maximum absolute atomic E-state index is 13.7. The molecule has 36 heavy (non-hydrogen) atoms. The lowest BCUT2D eigenvalue weighted by molar-refractivity contribution is -0.132. The van der Waals surface area contributed by atoms with Crippen LogP contribution in [0.4, 0.5) is 10.1 Å². The number of ketones is 1. The van der Waals surface area contributed by atoms with Crippen LogP contribution < -0.4 is 9.64 Å². The molecule has 0 saturated carbocycles. The SMILES string of the molecule is COc1ccc(C(O)=C2C(=O)C(=O)N(c3ccc(-c4noc(C)n4)cc3)C2c2ccc(F)cc2)cc1. The minimum atomic E-state index is -0.981. The van der Waals surface area contributed by atoms with Crippen molar-refractivity contribution in [3.8, 4) is 17.1 Å². The molecule has 0 bridgehead atoms. The molecule has 1 aliphatic heterocycles. The van der Waals surface area contributed by atoms with Crippen molar-refractivity contribution in [3.63, 3.8) is 0 Å². The number of anilines is 1. The number of halogens is 1. The third-order valence-electron chi connectivity index (χ3n) is 5.92. The summed E-state index contributed by atoms with van der Waals surface area (Å²) in [6, 6.07) is 17.6. The Labute approximate surface area is 205 Å². The summed E-state index contributed by atoms with van der Waals surface area (Å²) >= 11 is 0. The predicted molar refractivity (Wildman–Crippen MR) is 129 cm³/mol. The van der Waals surface area contributed by atoms with Gasteiger partial charge in [0, 0.05) is 23.7 Å². The van der Waals surface area contributed by atoms with Crippen molar-refractivity contribution in [2.45, 2.75) is 13.0 Å². The zero-order valence-electron chi connectivity index (χ0n) is 19.3. The van der Waals surface area contributed by atoms with Crippen LogP contribution in [0, 0.1) is 12.7 Å². The summed E-state index contributed by atoms with van der Waals surface area (Å²) < 4.78 is 23.9. The highest BCUT2D eigenvalue weighted by Crippen LogP contribution is 2.42. The number of aliphatic hydroxyl groups excluding tert-OH is 1. The molecule has 1 N–H and O–H groups in total. The predicted octanol–water partition coefficient (Wildman–Crippen LogP) is 4.82. The standard InChI is InChI=1S/C27H20FN3O5/c1-15-29-26(30-36-15)18-5-11-20(12-6-18)31-23(16-3-9-19(28)10-4-16)22(25(33)27(31)34)24(32)17-7-13-21(35-2)14-8-17/h3-14,23,32H,1-2H3. The Balaban J connectivity index is 1.63. The summed E-state index contributed by atoms with van der Waals surface area (Å²) in [6.07, 6.45) is 0. The van der Waals surface area contributed by atoms with Crippen molar-refractivity contribution in [1.29, 1.82) is 0 Å². The fourth-order valence-corrected chi connectivity index (χ4v) is 4.15. The third kappa shape index (κ3) is 4.00. The van der Waals surface area contributed by atoms with E-state index in [0.29, 0.717) is 39.8 Å². The Morgan fingerprint density at radius 3 is 2.25 bits per heavy atom. The lowest BCUT2D eigenvalue weighted by Crippen LogP contribution is -2.29. The molecule has 1 atom stereocenters. The molecular weight excluding hydrogens is 465 g/mol. The van der Waals surface area contributed by atoms with E-state index in [4.69, 9.17) is 9.26 Å². The molecule has 5 rings (SSSR count). The number of carbonyl (C=O) groups excluding carboxylic acids is 2. The topological polar surface area (TPSA) is 106 Å². The summed E-state index contributed by atoms with van der Waals surface area (Å²) in [5.74, 6) is -1.11. The van der Waals surface area contributed by atoms with Crippen LogP contribution in [0.5, 0.6) is 5.75 Å². The van der Waals surface area contributed by atoms with Gasteiger partial charge in [0.05, 0.1) is 18.7 Å². The molecule has 0 aliphatic carbocycles. The number of aromatic nitrogens is 2. The van der Waals surface area contributed by atoms with Crippen molar-refractivity contribution in [2.75, 3.05) is 12.0 Å². The molecule has 180 valence electrons. The molecule has 4 aromatic rings. The highest BCUT2D eigenvalue weighted by Gasteiger charge is 2.47. The zero-order chi connectivity index (χ0) is 25.4. The van der Waals surface area contributed by atoms with Gasteiger partial charge in [-0.25, -0.2) is 4.39 Å². The fourth-order valence-electron chi connectivity index (χ4n) is 4.15. The maximum Gasteiger partial charge on any atom is 0.300 e. The molecule has 9 heteroatoms. The molecule has 0 radical (unpaired) electrons. The molecule has 1 aliphatic rings. The van der Waals surface area contributed by atoms with Crippen LogP contribution in [0.3, 0.4) is 0 Å². The number of methoxy groups -OCH3 is 1. The number of nitrogens with zero attached hydrogens (tertiary/aromatic N) is 3. The number of amides is 1. The fraction of sp³-hybridized carbons (Fsp3) is 0.111. The number of carbonyl (C=O) groups is 2. The van der Waals surface area contributed by atoms with Crippen LogP contribution in [0.25, 0.3) is 17.1 Å². The smallest absolute Gasteiger partial charge is 0.300 e. The Hall–Kier alpha value is -4.79. The zero-order valence-corrected chi connectivity index (χ0v) is 19.3. The first-order valence-corrected chi connectivity index (χ1v) is 11.0. The van der Waals surface area contributed by atoms with Crippen molar-refractivity contribution < 1.29 is 28.3 Å². The Morgan fingerprint density at radius 1 is 1.00 bits per heavy atom. The Morgan fingerprint density at radius 2 is 1.67 bits per heavy atom. The molecule has 3 aromatic carbocycles. The molecule has 1 amide bonds. The molecule has 1 aromatic heterocycles. The van der Waals surface area contributed by atoms with Crippen LogP contribution in [0.2, 0.25) is 0 Å². The first-order valence-electron chi connectivity index (χ1n) is 11.0. The normalized spacial score (nSPS) is 17.0. The summed E-state index contributed by atoms with van der Waals surface area (Å²) in [6.45, 7) is 1.68. The Bertz CT molecular complexity index is 1480. The molecular formula is C27H20FN3O5. The van der Waals surface area contributed by atoms with Gasteiger partial charge in [0.2, 0.25) is 11.7 Å². The highest BCUT2D eigenvalue weighted by molar-refractivity contribution is 6.51.